The lowest BCUT2D eigenvalue weighted by Gasteiger charge is -2.39. The van der Waals surface area contributed by atoms with Crippen molar-refractivity contribution in [1.82, 2.24) is 14.7 Å². The second kappa shape index (κ2) is 10.1. The topological polar surface area (TPSA) is 79.4 Å². The highest BCUT2D eigenvalue weighted by atomic mass is 32.1. The molecular formula is C27H33N3O5S. The van der Waals surface area contributed by atoms with E-state index in [0.717, 1.165) is 30.7 Å². The first kappa shape index (κ1) is 24.6. The number of amides is 3. The number of nitrogens with zero attached hydrogens (tertiary/aromatic N) is 3. The standard InChI is InChI=1S/C27H33N3O5S/c1-34-20-5-6-23(35-2)22(15-20)26(33)28-10-7-27(8-11-28)9-12-29(18-27)25(32)19-14-24(31)30(16-19)17-21-4-3-13-36-21/h3-6,13,15,19H,7-12,14,16-18H2,1-2H3. The number of carbonyl (C=O) groups is 3. The van der Waals surface area contributed by atoms with Gasteiger partial charge in [-0.05, 0) is 54.3 Å². The van der Waals surface area contributed by atoms with Crippen molar-refractivity contribution in [3.05, 3.63) is 46.2 Å². The van der Waals surface area contributed by atoms with Crippen LogP contribution in [0.25, 0.3) is 0 Å². The number of hydrogen-bond acceptors (Lipinski definition) is 6. The molecule has 1 aromatic carbocycles. The largest absolute Gasteiger partial charge is 0.497 e. The Kier molecular flexibility index (Phi) is 6.92. The summed E-state index contributed by atoms with van der Waals surface area (Å²) in [5.74, 6) is 1.02. The van der Waals surface area contributed by atoms with Gasteiger partial charge in [0.15, 0.2) is 0 Å². The van der Waals surface area contributed by atoms with Crippen LogP contribution in [0.15, 0.2) is 35.7 Å². The Bertz CT molecular complexity index is 1130. The van der Waals surface area contributed by atoms with Crippen LogP contribution in [0.3, 0.4) is 0 Å². The van der Waals surface area contributed by atoms with Gasteiger partial charge in [-0.3, -0.25) is 14.4 Å². The number of thiophene rings is 1. The summed E-state index contributed by atoms with van der Waals surface area (Å²) in [5.41, 5.74) is 0.554. The normalized spacial score (nSPS) is 21.3. The SMILES string of the molecule is COc1ccc(OC)c(C(=O)N2CCC3(CC2)CCN(C(=O)C2CC(=O)N(Cc4cccs4)C2)C3)c1. The Balaban J connectivity index is 1.17. The molecule has 3 fully saturated rings. The van der Waals surface area contributed by atoms with E-state index in [1.807, 2.05) is 32.2 Å². The lowest BCUT2D eigenvalue weighted by molar-refractivity contribution is -0.135. The zero-order valence-corrected chi connectivity index (χ0v) is 21.7. The van der Waals surface area contributed by atoms with E-state index >= 15 is 0 Å². The molecule has 9 heteroatoms. The van der Waals surface area contributed by atoms with Crippen LogP contribution < -0.4 is 9.47 Å². The molecule has 0 bridgehead atoms. The zero-order chi connectivity index (χ0) is 25.3. The van der Waals surface area contributed by atoms with Crippen LogP contribution in [-0.2, 0) is 16.1 Å². The molecule has 4 heterocycles. The van der Waals surface area contributed by atoms with Crippen molar-refractivity contribution in [2.45, 2.75) is 32.2 Å². The minimum absolute atomic E-state index is 0.0458. The summed E-state index contributed by atoms with van der Waals surface area (Å²) in [6.45, 7) is 3.84. The van der Waals surface area contributed by atoms with Crippen LogP contribution in [-0.4, -0.2) is 79.4 Å². The minimum atomic E-state index is -0.255. The number of methoxy groups -OCH3 is 2. The third-order valence-electron chi connectivity index (χ3n) is 7.99. The number of likely N-dealkylation sites (tertiary alicyclic amines) is 3. The van der Waals surface area contributed by atoms with Crippen LogP contribution in [0.4, 0.5) is 0 Å². The van der Waals surface area contributed by atoms with Gasteiger partial charge < -0.3 is 24.2 Å². The van der Waals surface area contributed by atoms with Gasteiger partial charge in [0.1, 0.15) is 11.5 Å². The van der Waals surface area contributed by atoms with Crippen molar-refractivity contribution in [3.63, 3.8) is 0 Å². The van der Waals surface area contributed by atoms with Crippen molar-refractivity contribution in [2.24, 2.45) is 11.3 Å². The fraction of sp³-hybridized carbons (Fsp3) is 0.519. The van der Waals surface area contributed by atoms with Crippen LogP contribution in [0.5, 0.6) is 11.5 Å². The summed E-state index contributed by atoms with van der Waals surface area (Å²) < 4.78 is 10.7. The summed E-state index contributed by atoms with van der Waals surface area (Å²) >= 11 is 1.64. The number of benzene rings is 1. The Hall–Kier alpha value is -3.07. The highest BCUT2D eigenvalue weighted by Crippen LogP contribution is 2.42. The second-order valence-electron chi connectivity index (χ2n) is 10.1. The van der Waals surface area contributed by atoms with Crippen LogP contribution in [0, 0.1) is 11.3 Å². The molecule has 3 amide bonds. The van der Waals surface area contributed by atoms with E-state index in [4.69, 9.17) is 9.47 Å². The van der Waals surface area contributed by atoms with Crippen molar-refractivity contribution >= 4 is 29.1 Å². The van der Waals surface area contributed by atoms with Crippen molar-refractivity contribution in [1.29, 1.82) is 0 Å². The van der Waals surface area contributed by atoms with Gasteiger partial charge in [-0.2, -0.15) is 0 Å². The molecule has 3 saturated heterocycles. The Morgan fingerprint density at radius 2 is 1.81 bits per heavy atom. The number of piperidine rings is 1. The van der Waals surface area contributed by atoms with Crippen molar-refractivity contribution in [3.8, 4) is 11.5 Å². The number of hydrogen-bond donors (Lipinski definition) is 0. The summed E-state index contributed by atoms with van der Waals surface area (Å²) in [4.78, 5) is 45.9. The quantitative estimate of drug-likeness (QED) is 0.595. The molecule has 3 aliphatic heterocycles. The second-order valence-corrected chi connectivity index (χ2v) is 11.2. The van der Waals surface area contributed by atoms with Gasteiger partial charge in [0.2, 0.25) is 11.8 Å². The summed E-state index contributed by atoms with van der Waals surface area (Å²) in [5, 5.41) is 2.01. The first-order valence-electron chi connectivity index (χ1n) is 12.5. The van der Waals surface area contributed by atoms with Crippen LogP contribution in [0.1, 0.15) is 40.9 Å². The predicted molar refractivity (Wildman–Crippen MR) is 136 cm³/mol. The molecule has 0 aliphatic carbocycles. The third kappa shape index (κ3) is 4.81. The van der Waals surface area contributed by atoms with E-state index < -0.39 is 0 Å². The molecule has 0 radical (unpaired) electrons. The average molecular weight is 512 g/mol. The van der Waals surface area contributed by atoms with E-state index in [0.29, 0.717) is 56.2 Å². The molecular weight excluding hydrogens is 478 g/mol. The maximum Gasteiger partial charge on any atom is 0.257 e. The van der Waals surface area contributed by atoms with Crippen LogP contribution in [0.2, 0.25) is 0 Å². The summed E-state index contributed by atoms with van der Waals surface area (Å²) in [7, 11) is 3.14. The molecule has 192 valence electrons. The Morgan fingerprint density at radius 1 is 1.06 bits per heavy atom. The molecule has 1 spiro atoms. The van der Waals surface area contributed by atoms with Crippen LogP contribution >= 0.6 is 11.3 Å². The van der Waals surface area contributed by atoms with Gasteiger partial charge in [-0.15, -0.1) is 11.3 Å². The van der Waals surface area contributed by atoms with Gasteiger partial charge in [-0.1, -0.05) is 6.07 Å². The molecule has 1 unspecified atom stereocenters. The Morgan fingerprint density at radius 3 is 2.47 bits per heavy atom. The molecule has 0 N–H and O–H groups in total. The van der Waals surface area contributed by atoms with Gasteiger partial charge in [0.05, 0.1) is 32.2 Å². The number of rotatable bonds is 6. The van der Waals surface area contributed by atoms with E-state index in [1.165, 1.54) is 0 Å². The van der Waals surface area contributed by atoms with Gasteiger partial charge in [0, 0.05) is 44.0 Å². The van der Waals surface area contributed by atoms with Crippen molar-refractivity contribution < 1.29 is 23.9 Å². The van der Waals surface area contributed by atoms with E-state index in [1.54, 1.807) is 43.8 Å². The maximum atomic E-state index is 13.3. The molecule has 2 aromatic rings. The monoisotopic (exact) mass is 511 g/mol. The number of ether oxygens (including phenoxy) is 2. The van der Waals surface area contributed by atoms with Gasteiger partial charge in [-0.25, -0.2) is 0 Å². The zero-order valence-electron chi connectivity index (χ0n) is 20.9. The minimum Gasteiger partial charge on any atom is -0.497 e. The Labute approximate surface area is 215 Å². The fourth-order valence-corrected chi connectivity index (χ4v) is 6.53. The van der Waals surface area contributed by atoms with E-state index in [2.05, 4.69) is 0 Å². The van der Waals surface area contributed by atoms with E-state index in [9.17, 15) is 14.4 Å². The molecule has 5 rings (SSSR count). The molecule has 1 aromatic heterocycles. The average Bonchev–Trinajstić information content (AvgIpc) is 3.65. The molecule has 1 atom stereocenters. The van der Waals surface area contributed by atoms with Gasteiger partial charge in [0.25, 0.3) is 5.91 Å². The predicted octanol–water partition coefficient (Wildman–Crippen LogP) is 3.27. The lowest BCUT2D eigenvalue weighted by atomic mass is 9.77. The van der Waals surface area contributed by atoms with E-state index in [-0.39, 0.29) is 29.1 Å². The first-order valence-corrected chi connectivity index (χ1v) is 13.4. The first-order chi connectivity index (χ1) is 17.4. The molecule has 3 aliphatic rings. The fourth-order valence-electron chi connectivity index (χ4n) is 5.81. The highest BCUT2D eigenvalue weighted by molar-refractivity contribution is 7.09. The smallest absolute Gasteiger partial charge is 0.257 e. The molecule has 0 saturated carbocycles. The summed E-state index contributed by atoms with van der Waals surface area (Å²) in [6.07, 6.45) is 2.98. The van der Waals surface area contributed by atoms with Gasteiger partial charge >= 0.3 is 0 Å². The third-order valence-corrected chi connectivity index (χ3v) is 8.85. The molecule has 8 nitrogen and oxygen atoms in total. The van der Waals surface area contributed by atoms with Crippen molar-refractivity contribution in [2.75, 3.05) is 46.9 Å². The molecule has 36 heavy (non-hydrogen) atoms. The number of carbonyl (C=O) groups excluding carboxylic acids is 3. The highest BCUT2D eigenvalue weighted by Gasteiger charge is 2.45. The lowest BCUT2D eigenvalue weighted by Crippen LogP contribution is -2.45. The summed E-state index contributed by atoms with van der Waals surface area (Å²) in [6, 6.07) is 9.28. The maximum absolute atomic E-state index is 13.3.